The van der Waals surface area contributed by atoms with Crippen LogP contribution in [0.4, 0.5) is 0 Å². The Morgan fingerprint density at radius 2 is 1.89 bits per heavy atom. The molecule has 2 aliphatic rings. The molecule has 0 radical (unpaired) electrons. The van der Waals surface area contributed by atoms with E-state index in [9.17, 15) is 5.11 Å². The summed E-state index contributed by atoms with van der Waals surface area (Å²) >= 11 is 0. The van der Waals surface area contributed by atoms with Crippen LogP contribution in [-0.4, -0.2) is 50.5 Å². The summed E-state index contributed by atoms with van der Waals surface area (Å²) in [6.07, 6.45) is 6.77. The van der Waals surface area contributed by atoms with Crippen molar-refractivity contribution in [3.05, 3.63) is 35.9 Å². The molecule has 3 N–H and O–H groups in total. The van der Waals surface area contributed by atoms with Gasteiger partial charge in [0.25, 0.3) is 0 Å². The van der Waals surface area contributed by atoms with Crippen LogP contribution in [0.5, 0.6) is 0 Å². The van der Waals surface area contributed by atoms with Crippen LogP contribution in [0.2, 0.25) is 0 Å². The van der Waals surface area contributed by atoms with Gasteiger partial charge in [0.05, 0.1) is 13.2 Å². The van der Waals surface area contributed by atoms with Crippen LogP contribution < -0.4 is 10.6 Å². The number of ether oxygens (including phenoxy) is 1. The maximum Gasteiger partial charge on any atom is 0.191 e. The first-order valence-corrected chi connectivity index (χ1v) is 10.5. The summed E-state index contributed by atoms with van der Waals surface area (Å²) < 4.78 is 5.60. The number of rotatable bonds is 8. The zero-order valence-electron chi connectivity index (χ0n) is 17.1. The van der Waals surface area contributed by atoms with Crippen LogP contribution in [0.1, 0.15) is 51.0 Å². The molecule has 2 fully saturated rings. The molecular formula is C22H36IN3O2. The number of hydrogen-bond acceptors (Lipinski definition) is 3. The molecule has 0 amide bonds. The van der Waals surface area contributed by atoms with Crippen LogP contribution in [0.25, 0.3) is 0 Å². The lowest BCUT2D eigenvalue weighted by Crippen LogP contribution is -2.45. The SMILES string of the molecule is CCNC(=NCC1(CCO)CCOC1)NCC1(c2ccccc2)CCCC1.I. The zero-order chi connectivity index (χ0) is 19.0. The summed E-state index contributed by atoms with van der Waals surface area (Å²) in [7, 11) is 0. The number of nitrogens with one attached hydrogen (secondary N) is 2. The Morgan fingerprint density at radius 1 is 1.14 bits per heavy atom. The lowest BCUT2D eigenvalue weighted by Gasteiger charge is -2.31. The first kappa shape index (κ1) is 23.4. The fraction of sp³-hybridized carbons (Fsp3) is 0.682. The highest BCUT2D eigenvalue weighted by atomic mass is 127. The van der Waals surface area contributed by atoms with Gasteiger partial charge >= 0.3 is 0 Å². The van der Waals surface area contributed by atoms with Crippen LogP contribution >= 0.6 is 24.0 Å². The molecule has 3 rings (SSSR count). The fourth-order valence-electron chi connectivity index (χ4n) is 4.54. The quantitative estimate of drug-likeness (QED) is 0.290. The third-order valence-corrected chi connectivity index (χ3v) is 6.28. The van der Waals surface area contributed by atoms with E-state index in [1.54, 1.807) is 0 Å². The predicted molar refractivity (Wildman–Crippen MR) is 126 cm³/mol. The molecule has 1 aromatic carbocycles. The van der Waals surface area contributed by atoms with Gasteiger partial charge in [0.2, 0.25) is 0 Å². The minimum Gasteiger partial charge on any atom is -0.396 e. The topological polar surface area (TPSA) is 65.9 Å². The van der Waals surface area contributed by atoms with E-state index in [4.69, 9.17) is 9.73 Å². The van der Waals surface area contributed by atoms with Crippen LogP contribution in [0.15, 0.2) is 35.3 Å². The van der Waals surface area contributed by atoms with Crippen LogP contribution in [0.3, 0.4) is 0 Å². The molecule has 0 aromatic heterocycles. The number of benzene rings is 1. The fourth-order valence-corrected chi connectivity index (χ4v) is 4.54. The first-order valence-electron chi connectivity index (χ1n) is 10.5. The van der Waals surface area contributed by atoms with E-state index in [-0.39, 0.29) is 41.4 Å². The van der Waals surface area contributed by atoms with Crippen molar-refractivity contribution in [3.8, 4) is 0 Å². The van der Waals surface area contributed by atoms with E-state index in [2.05, 4.69) is 47.9 Å². The zero-order valence-corrected chi connectivity index (χ0v) is 19.4. The van der Waals surface area contributed by atoms with E-state index in [1.165, 1.54) is 31.2 Å². The smallest absolute Gasteiger partial charge is 0.191 e. The summed E-state index contributed by atoms with van der Waals surface area (Å²) in [6, 6.07) is 10.9. The predicted octanol–water partition coefficient (Wildman–Crippen LogP) is 3.46. The second-order valence-corrected chi connectivity index (χ2v) is 8.18. The summed E-state index contributed by atoms with van der Waals surface area (Å²) in [5.74, 6) is 0.879. The minimum atomic E-state index is -0.0123. The number of aliphatic hydroxyl groups is 1. The Morgan fingerprint density at radius 3 is 2.50 bits per heavy atom. The van der Waals surface area contributed by atoms with Gasteiger partial charge in [0.1, 0.15) is 0 Å². The highest BCUT2D eigenvalue weighted by Gasteiger charge is 2.36. The van der Waals surface area contributed by atoms with E-state index < -0.39 is 0 Å². The standard InChI is InChI=1S/C22H35N3O2.HI/c1-2-23-20(24-16-21(12-14-26)13-15-27-18-21)25-17-22(10-6-7-11-22)19-8-4-3-5-9-19;/h3-5,8-9,26H,2,6-7,10-18H2,1H3,(H2,23,24,25);1H. The summed E-state index contributed by atoms with van der Waals surface area (Å²) in [5.41, 5.74) is 1.63. The summed E-state index contributed by atoms with van der Waals surface area (Å²) in [6.45, 7) is 6.21. The highest BCUT2D eigenvalue weighted by Crippen LogP contribution is 2.40. The molecule has 1 aliphatic heterocycles. The second kappa shape index (κ2) is 11.4. The molecule has 0 bridgehead atoms. The van der Waals surface area contributed by atoms with Crippen molar-refractivity contribution in [2.45, 2.75) is 50.9 Å². The first-order chi connectivity index (χ1) is 13.2. The Labute approximate surface area is 186 Å². The van der Waals surface area contributed by atoms with Crippen molar-refractivity contribution >= 4 is 29.9 Å². The van der Waals surface area contributed by atoms with Crippen molar-refractivity contribution in [1.29, 1.82) is 0 Å². The molecule has 1 saturated heterocycles. The maximum atomic E-state index is 9.43. The molecule has 1 saturated carbocycles. The van der Waals surface area contributed by atoms with Gasteiger partial charge in [-0.1, -0.05) is 43.2 Å². The van der Waals surface area contributed by atoms with E-state index in [0.717, 1.165) is 38.5 Å². The van der Waals surface area contributed by atoms with E-state index in [1.807, 2.05) is 0 Å². The van der Waals surface area contributed by atoms with Crippen molar-refractivity contribution in [2.24, 2.45) is 10.4 Å². The number of hydrogen-bond donors (Lipinski definition) is 3. The average molecular weight is 501 g/mol. The number of guanidine groups is 1. The molecule has 6 heteroatoms. The Bertz CT molecular complexity index is 597. The van der Waals surface area contributed by atoms with Crippen molar-refractivity contribution in [2.75, 3.05) is 39.5 Å². The molecule has 1 unspecified atom stereocenters. The van der Waals surface area contributed by atoms with Gasteiger partial charge in [-0.15, -0.1) is 24.0 Å². The average Bonchev–Trinajstić information content (AvgIpc) is 3.36. The van der Waals surface area contributed by atoms with Crippen molar-refractivity contribution in [3.63, 3.8) is 0 Å². The summed E-state index contributed by atoms with van der Waals surface area (Å²) in [5, 5.41) is 16.4. The molecule has 0 spiro atoms. The number of nitrogens with zero attached hydrogens (tertiary/aromatic N) is 1. The van der Waals surface area contributed by atoms with Gasteiger partial charge in [-0.05, 0) is 38.2 Å². The molecule has 1 heterocycles. The van der Waals surface area contributed by atoms with E-state index in [0.29, 0.717) is 13.2 Å². The van der Waals surface area contributed by atoms with Crippen molar-refractivity contribution in [1.82, 2.24) is 10.6 Å². The number of aliphatic imine (C=N–C) groups is 1. The Kier molecular flexibility index (Phi) is 9.50. The van der Waals surface area contributed by atoms with Gasteiger partial charge in [-0.25, -0.2) is 0 Å². The second-order valence-electron chi connectivity index (χ2n) is 8.18. The van der Waals surface area contributed by atoms with Gasteiger partial charge in [-0.2, -0.15) is 0 Å². The molecule has 1 aliphatic carbocycles. The highest BCUT2D eigenvalue weighted by molar-refractivity contribution is 14.0. The minimum absolute atomic E-state index is 0. The molecule has 1 aromatic rings. The third kappa shape index (κ3) is 5.83. The molecular weight excluding hydrogens is 465 g/mol. The molecule has 1 atom stereocenters. The van der Waals surface area contributed by atoms with E-state index >= 15 is 0 Å². The molecule has 158 valence electrons. The summed E-state index contributed by atoms with van der Waals surface area (Å²) in [4.78, 5) is 4.88. The maximum absolute atomic E-state index is 9.43. The van der Waals surface area contributed by atoms with Gasteiger partial charge < -0.3 is 20.5 Å². The van der Waals surface area contributed by atoms with Crippen molar-refractivity contribution < 1.29 is 9.84 Å². The normalized spacial score (nSPS) is 24.0. The Balaban J connectivity index is 0.00000280. The van der Waals surface area contributed by atoms with Gasteiger partial charge in [-0.3, -0.25) is 4.99 Å². The van der Waals surface area contributed by atoms with Gasteiger partial charge in [0.15, 0.2) is 5.96 Å². The molecule has 5 nitrogen and oxygen atoms in total. The van der Waals surface area contributed by atoms with Crippen LogP contribution in [-0.2, 0) is 10.2 Å². The molecule has 28 heavy (non-hydrogen) atoms. The third-order valence-electron chi connectivity index (χ3n) is 6.28. The number of aliphatic hydroxyl groups excluding tert-OH is 1. The lowest BCUT2D eigenvalue weighted by molar-refractivity contribution is 0.131. The van der Waals surface area contributed by atoms with Crippen LogP contribution in [0, 0.1) is 5.41 Å². The lowest BCUT2D eigenvalue weighted by atomic mass is 9.79. The van der Waals surface area contributed by atoms with Gasteiger partial charge in [0, 0.05) is 37.1 Å². The number of halogens is 1. The largest absolute Gasteiger partial charge is 0.396 e. The monoisotopic (exact) mass is 501 g/mol. The Hall–Kier alpha value is -0.860.